The Hall–Kier alpha value is -2.40. The number of nitrogens with zero attached hydrogens (tertiary/aromatic N) is 1. The van der Waals surface area contributed by atoms with E-state index in [1.54, 1.807) is 18.2 Å². The summed E-state index contributed by atoms with van der Waals surface area (Å²) >= 11 is 0. The summed E-state index contributed by atoms with van der Waals surface area (Å²) in [5.41, 5.74) is 3.10. The van der Waals surface area contributed by atoms with Crippen molar-refractivity contribution in [3.8, 4) is 5.75 Å². The molecule has 0 amide bonds. The van der Waals surface area contributed by atoms with E-state index in [4.69, 9.17) is 5.11 Å². The van der Waals surface area contributed by atoms with Crippen LogP contribution >= 0.6 is 0 Å². The first-order valence-corrected chi connectivity index (χ1v) is 7.08. The number of carboxylic acid groups (broad SMARTS) is 1. The highest BCUT2D eigenvalue weighted by Crippen LogP contribution is 2.25. The van der Waals surface area contributed by atoms with Gasteiger partial charge in [-0.25, -0.2) is 9.18 Å². The lowest BCUT2D eigenvalue weighted by atomic mass is 9.97. The van der Waals surface area contributed by atoms with Gasteiger partial charge in [-0.1, -0.05) is 12.1 Å². The highest BCUT2D eigenvalue weighted by Gasteiger charge is 2.19. The van der Waals surface area contributed by atoms with Gasteiger partial charge in [0.2, 0.25) is 0 Å². The van der Waals surface area contributed by atoms with Crippen LogP contribution in [0, 0.1) is 5.82 Å². The third-order valence-electron chi connectivity index (χ3n) is 3.99. The van der Waals surface area contributed by atoms with Gasteiger partial charge in [0, 0.05) is 31.3 Å². The molecule has 1 aliphatic heterocycles. The maximum atomic E-state index is 13.0. The van der Waals surface area contributed by atoms with Gasteiger partial charge in [-0.2, -0.15) is 0 Å². The number of aromatic carboxylic acids is 1. The summed E-state index contributed by atoms with van der Waals surface area (Å²) in [5, 5.41) is 18.9. The fourth-order valence-electron chi connectivity index (χ4n) is 2.80. The monoisotopic (exact) mass is 301 g/mol. The topological polar surface area (TPSA) is 60.8 Å². The Morgan fingerprint density at radius 2 is 2.00 bits per heavy atom. The normalized spacial score (nSPS) is 14.6. The fourth-order valence-corrected chi connectivity index (χ4v) is 2.80. The third-order valence-corrected chi connectivity index (χ3v) is 3.99. The van der Waals surface area contributed by atoms with E-state index in [1.165, 1.54) is 6.07 Å². The molecule has 0 saturated heterocycles. The molecule has 2 aromatic rings. The maximum absolute atomic E-state index is 13.0. The zero-order chi connectivity index (χ0) is 15.7. The van der Waals surface area contributed by atoms with Crippen molar-refractivity contribution < 1.29 is 19.4 Å². The van der Waals surface area contributed by atoms with Gasteiger partial charge in [-0.15, -0.1) is 0 Å². The summed E-state index contributed by atoms with van der Waals surface area (Å²) in [5.74, 6) is -1.45. The molecule has 22 heavy (non-hydrogen) atoms. The van der Waals surface area contributed by atoms with Gasteiger partial charge in [0.1, 0.15) is 11.6 Å². The average molecular weight is 301 g/mol. The second-order valence-corrected chi connectivity index (χ2v) is 5.52. The molecule has 2 N–H and O–H groups in total. The number of hydrogen-bond donors (Lipinski definition) is 2. The zero-order valence-corrected chi connectivity index (χ0v) is 11.9. The molecule has 0 radical (unpaired) electrons. The minimum Gasteiger partial charge on any atom is -0.508 e. The van der Waals surface area contributed by atoms with Crippen LogP contribution < -0.4 is 0 Å². The van der Waals surface area contributed by atoms with Crippen LogP contribution in [-0.4, -0.2) is 27.6 Å². The van der Waals surface area contributed by atoms with Crippen LogP contribution in [0.3, 0.4) is 0 Å². The molecule has 0 aliphatic carbocycles. The number of halogens is 1. The predicted octanol–water partition coefficient (Wildman–Crippen LogP) is 2.79. The molecule has 2 aromatic carbocycles. The number of rotatable bonds is 3. The molecule has 0 unspecified atom stereocenters. The van der Waals surface area contributed by atoms with E-state index in [1.807, 2.05) is 6.07 Å². The summed E-state index contributed by atoms with van der Waals surface area (Å²) in [6.45, 7) is 1.94. The van der Waals surface area contributed by atoms with Crippen molar-refractivity contribution in [1.82, 2.24) is 4.90 Å². The Morgan fingerprint density at radius 3 is 2.73 bits per heavy atom. The lowest BCUT2D eigenvalue weighted by Crippen LogP contribution is -2.30. The minimum absolute atomic E-state index is 0.0508. The van der Waals surface area contributed by atoms with Crippen LogP contribution in [0.1, 0.15) is 27.0 Å². The van der Waals surface area contributed by atoms with E-state index in [-0.39, 0.29) is 11.3 Å². The number of benzene rings is 2. The van der Waals surface area contributed by atoms with Gasteiger partial charge in [-0.05, 0) is 35.7 Å². The lowest BCUT2D eigenvalue weighted by molar-refractivity contribution is 0.0696. The van der Waals surface area contributed by atoms with Crippen LogP contribution in [0.15, 0.2) is 36.4 Å². The maximum Gasteiger partial charge on any atom is 0.335 e. The van der Waals surface area contributed by atoms with Gasteiger partial charge >= 0.3 is 5.97 Å². The van der Waals surface area contributed by atoms with Crippen molar-refractivity contribution >= 4 is 5.97 Å². The highest BCUT2D eigenvalue weighted by molar-refractivity contribution is 5.87. The highest BCUT2D eigenvalue weighted by atomic mass is 19.1. The van der Waals surface area contributed by atoms with E-state index in [2.05, 4.69) is 4.90 Å². The predicted molar refractivity (Wildman–Crippen MR) is 79.3 cm³/mol. The van der Waals surface area contributed by atoms with Gasteiger partial charge < -0.3 is 10.2 Å². The molecule has 4 nitrogen and oxygen atoms in total. The fraction of sp³-hybridized carbons (Fsp3) is 0.235. The van der Waals surface area contributed by atoms with E-state index < -0.39 is 11.8 Å². The molecule has 0 spiro atoms. The Kier molecular flexibility index (Phi) is 3.81. The van der Waals surface area contributed by atoms with Gasteiger partial charge in [-0.3, -0.25) is 4.90 Å². The Morgan fingerprint density at radius 1 is 1.18 bits per heavy atom. The molecule has 0 saturated carbocycles. The van der Waals surface area contributed by atoms with Crippen molar-refractivity contribution in [2.75, 3.05) is 6.54 Å². The molecule has 0 fully saturated rings. The first-order valence-electron chi connectivity index (χ1n) is 7.08. The van der Waals surface area contributed by atoms with E-state index >= 15 is 0 Å². The summed E-state index contributed by atoms with van der Waals surface area (Å²) in [7, 11) is 0. The van der Waals surface area contributed by atoms with E-state index in [0.29, 0.717) is 18.7 Å². The third kappa shape index (κ3) is 2.94. The molecular formula is C17H16FNO3. The average Bonchev–Trinajstić information content (AvgIpc) is 2.49. The Bertz CT molecular complexity index is 730. The molecule has 0 aromatic heterocycles. The van der Waals surface area contributed by atoms with Crippen LogP contribution in [0.2, 0.25) is 0 Å². The van der Waals surface area contributed by atoms with Crippen LogP contribution in [0.4, 0.5) is 4.39 Å². The number of hydrogen-bond acceptors (Lipinski definition) is 3. The van der Waals surface area contributed by atoms with Crippen molar-refractivity contribution in [2.45, 2.75) is 19.5 Å². The summed E-state index contributed by atoms with van der Waals surface area (Å²) < 4.78 is 13.0. The van der Waals surface area contributed by atoms with Crippen LogP contribution in [0.25, 0.3) is 0 Å². The quantitative estimate of drug-likeness (QED) is 0.915. The first-order chi connectivity index (χ1) is 10.5. The SMILES string of the molecule is O=C(O)c1ccc2c(c1)CN(Cc1ccc(F)cc1O)CC2. The molecule has 1 heterocycles. The first kappa shape index (κ1) is 14.5. The van der Waals surface area contributed by atoms with Crippen molar-refractivity contribution in [1.29, 1.82) is 0 Å². The minimum atomic E-state index is -0.934. The van der Waals surface area contributed by atoms with Gasteiger partial charge in [0.15, 0.2) is 0 Å². The number of carbonyl (C=O) groups is 1. The summed E-state index contributed by atoms with van der Waals surface area (Å²) in [4.78, 5) is 13.2. The molecule has 114 valence electrons. The number of carboxylic acids is 1. The van der Waals surface area contributed by atoms with E-state index in [9.17, 15) is 14.3 Å². The molecule has 0 atom stereocenters. The molecule has 0 bridgehead atoms. The Balaban J connectivity index is 1.78. The van der Waals surface area contributed by atoms with Crippen LogP contribution in [0.5, 0.6) is 5.75 Å². The van der Waals surface area contributed by atoms with Crippen molar-refractivity contribution in [3.05, 3.63) is 64.5 Å². The second-order valence-electron chi connectivity index (χ2n) is 5.52. The lowest BCUT2D eigenvalue weighted by Gasteiger charge is -2.29. The summed E-state index contributed by atoms with van der Waals surface area (Å²) in [6.07, 6.45) is 0.831. The van der Waals surface area contributed by atoms with Crippen LogP contribution in [-0.2, 0) is 19.5 Å². The number of fused-ring (bicyclic) bond motifs is 1. The number of phenols is 1. The van der Waals surface area contributed by atoms with Gasteiger partial charge in [0.05, 0.1) is 5.56 Å². The zero-order valence-electron chi connectivity index (χ0n) is 11.9. The number of phenolic OH excluding ortho intramolecular Hbond substituents is 1. The molecular weight excluding hydrogens is 285 g/mol. The largest absolute Gasteiger partial charge is 0.508 e. The Labute approximate surface area is 127 Å². The number of aromatic hydroxyl groups is 1. The standard InChI is InChI=1S/C17H16FNO3/c18-15-4-3-13(16(20)8-15)9-19-6-5-11-1-2-12(17(21)22)7-14(11)10-19/h1-4,7-8,20H,5-6,9-10H2,(H,21,22). The van der Waals surface area contributed by atoms with Crippen molar-refractivity contribution in [3.63, 3.8) is 0 Å². The molecule has 1 aliphatic rings. The van der Waals surface area contributed by atoms with Gasteiger partial charge in [0.25, 0.3) is 0 Å². The summed E-state index contributed by atoms with van der Waals surface area (Å²) in [6, 6.07) is 9.21. The second kappa shape index (κ2) is 5.77. The van der Waals surface area contributed by atoms with Crippen molar-refractivity contribution in [2.24, 2.45) is 0 Å². The molecule has 5 heteroatoms. The smallest absolute Gasteiger partial charge is 0.335 e. The molecule has 3 rings (SSSR count). The van der Waals surface area contributed by atoms with E-state index in [0.717, 1.165) is 30.2 Å².